The van der Waals surface area contributed by atoms with Gasteiger partial charge in [-0.2, -0.15) is 0 Å². The van der Waals surface area contributed by atoms with Crippen LogP contribution in [0.2, 0.25) is 0 Å². The zero-order valence-electron chi connectivity index (χ0n) is 15.0. The number of carbonyl (C=O) groups is 1. The minimum atomic E-state index is -3.37. The summed E-state index contributed by atoms with van der Waals surface area (Å²) in [7, 11) is -3.37. The van der Waals surface area contributed by atoms with Crippen molar-refractivity contribution in [1.82, 2.24) is 4.90 Å². The quantitative estimate of drug-likeness (QED) is 0.636. The van der Waals surface area contributed by atoms with Crippen molar-refractivity contribution in [2.75, 3.05) is 13.1 Å². The second kappa shape index (κ2) is 7.52. The first-order valence-corrected chi connectivity index (χ1v) is 10.6. The topological polar surface area (TPSA) is 76.8 Å². The maximum atomic E-state index is 12.9. The van der Waals surface area contributed by atoms with Gasteiger partial charge in [0.25, 0.3) is 5.91 Å². The smallest absolute Gasteiger partial charge is 0.257 e. The molecule has 1 aromatic heterocycles. The third-order valence-corrected chi connectivity index (χ3v) is 6.66. The Kier molecular flexibility index (Phi) is 4.92. The van der Waals surface area contributed by atoms with Crippen LogP contribution in [-0.4, -0.2) is 37.6 Å². The largest absolute Gasteiger partial charge is 0.468 e. The number of sulfone groups is 1. The van der Waals surface area contributed by atoms with Gasteiger partial charge in [-0.25, -0.2) is 8.42 Å². The van der Waals surface area contributed by atoms with Crippen LogP contribution >= 0.6 is 0 Å². The Balaban J connectivity index is 1.44. The van der Waals surface area contributed by atoms with Crippen molar-refractivity contribution in [3.63, 3.8) is 0 Å². The monoisotopic (exact) mass is 397 g/mol. The number of nitrogens with zero attached hydrogens (tertiary/aromatic N) is 1. The lowest BCUT2D eigenvalue weighted by atomic mass is 10.1. The molecule has 1 fully saturated rings. The van der Waals surface area contributed by atoms with E-state index in [1.54, 1.807) is 36.4 Å². The Morgan fingerprint density at radius 3 is 2.43 bits per heavy atom. The van der Waals surface area contributed by atoms with Gasteiger partial charge < -0.3 is 14.1 Å². The molecule has 0 saturated carbocycles. The maximum Gasteiger partial charge on any atom is 0.257 e. The summed E-state index contributed by atoms with van der Waals surface area (Å²) in [5.74, 6) is 1.09. The molecule has 7 heteroatoms. The fourth-order valence-corrected chi connectivity index (χ4v) is 4.67. The highest BCUT2D eigenvalue weighted by Gasteiger charge is 2.40. The number of para-hydroxylation sites is 2. The Labute approximate surface area is 163 Å². The Morgan fingerprint density at radius 2 is 1.71 bits per heavy atom. The number of rotatable bonds is 6. The summed E-state index contributed by atoms with van der Waals surface area (Å²) >= 11 is 0. The second-order valence-corrected chi connectivity index (χ2v) is 8.91. The van der Waals surface area contributed by atoms with E-state index in [0.29, 0.717) is 22.8 Å². The van der Waals surface area contributed by atoms with E-state index in [-0.39, 0.29) is 24.7 Å². The fraction of sp³-hybridized carbons (Fsp3) is 0.190. The Morgan fingerprint density at radius 1 is 1.00 bits per heavy atom. The van der Waals surface area contributed by atoms with E-state index >= 15 is 0 Å². The van der Waals surface area contributed by atoms with Crippen molar-refractivity contribution in [1.29, 1.82) is 0 Å². The van der Waals surface area contributed by atoms with Crippen molar-refractivity contribution in [2.24, 2.45) is 0 Å². The number of furan rings is 1. The number of likely N-dealkylation sites (tertiary alicyclic amines) is 1. The first kappa shape index (κ1) is 18.3. The Hall–Kier alpha value is -3.06. The van der Waals surface area contributed by atoms with Crippen molar-refractivity contribution in [2.45, 2.75) is 11.0 Å². The van der Waals surface area contributed by atoms with Crippen LogP contribution in [-0.2, 0) is 15.6 Å². The molecule has 0 bridgehead atoms. The second-order valence-electron chi connectivity index (χ2n) is 6.63. The molecule has 1 aliphatic heterocycles. The van der Waals surface area contributed by atoms with Gasteiger partial charge in [0.05, 0.1) is 17.1 Å². The number of benzene rings is 2. The van der Waals surface area contributed by atoms with E-state index in [1.165, 1.54) is 11.2 Å². The normalized spacial score (nSPS) is 14.5. The lowest BCUT2D eigenvalue weighted by Crippen LogP contribution is -2.57. The minimum absolute atomic E-state index is 0.152. The first-order valence-electron chi connectivity index (χ1n) is 8.88. The van der Waals surface area contributed by atoms with E-state index < -0.39 is 15.1 Å². The molecule has 28 heavy (non-hydrogen) atoms. The van der Waals surface area contributed by atoms with E-state index in [2.05, 4.69) is 0 Å². The van der Waals surface area contributed by atoms with Crippen LogP contribution in [0.5, 0.6) is 11.5 Å². The average Bonchev–Trinajstić information content (AvgIpc) is 3.13. The summed E-state index contributed by atoms with van der Waals surface area (Å²) in [4.78, 5) is 14.4. The van der Waals surface area contributed by atoms with Gasteiger partial charge >= 0.3 is 0 Å². The van der Waals surface area contributed by atoms with E-state index in [4.69, 9.17) is 9.15 Å². The number of carbonyl (C=O) groups excluding carboxylic acids is 1. The number of amides is 1. The molecule has 2 aromatic carbocycles. The molecule has 4 rings (SSSR count). The number of ether oxygens (including phenoxy) is 1. The molecule has 1 aliphatic rings. The Bertz CT molecular complexity index is 1060. The SMILES string of the molecule is O=C(c1ccccc1Oc1ccccc1)N1CC(S(=O)(=O)Cc2ccco2)C1. The zero-order chi connectivity index (χ0) is 19.6. The lowest BCUT2D eigenvalue weighted by Gasteiger charge is -2.38. The third-order valence-electron chi connectivity index (χ3n) is 4.66. The van der Waals surface area contributed by atoms with Crippen LogP contribution < -0.4 is 4.74 Å². The minimum Gasteiger partial charge on any atom is -0.468 e. The maximum absolute atomic E-state index is 12.9. The summed E-state index contributed by atoms with van der Waals surface area (Å²) in [5.41, 5.74) is 0.410. The predicted molar refractivity (Wildman–Crippen MR) is 104 cm³/mol. The van der Waals surface area contributed by atoms with Gasteiger partial charge in [-0.05, 0) is 36.4 Å². The van der Waals surface area contributed by atoms with Gasteiger partial charge in [0.1, 0.15) is 23.0 Å². The molecular formula is C21H19NO5S. The lowest BCUT2D eigenvalue weighted by molar-refractivity contribution is 0.0656. The molecule has 0 spiro atoms. The molecule has 3 aromatic rings. The van der Waals surface area contributed by atoms with Crippen LogP contribution in [0, 0.1) is 0 Å². The van der Waals surface area contributed by atoms with Crippen LogP contribution in [0.3, 0.4) is 0 Å². The van der Waals surface area contributed by atoms with Gasteiger partial charge in [0.2, 0.25) is 0 Å². The molecule has 0 aliphatic carbocycles. The number of hydrogen-bond donors (Lipinski definition) is 0. The van der Waals surface area contributed by atoms with E-state index in [9.17, 15) is 13.2 Å². The van der Waals surface area contributed by atoms with Crippen molar-refractivity contribution < 1.29 is 22.4 Å². The molecule has 1 saturated heterocycles. The highest BCUT2D eigenvalue weighted by molar-refractivity contribution is 7.91. The summed E-state index contributed by atoms with van der Waals surface area (Å²) < 4.78 is 35.9. The molecule has 0 atom stereocenters. The van der Waals surface area contributed by atoms with Gasteiger partial charge in [-0.3, -0.25) is 4.79 Å². The molecule has 0 radical (unpaired) electrons. The zero-order valence-corrected chi connectivity index (χ0v) is 15.8. The molecule has 0 N–H and O–H groups in total. The standard InChI is InChI=1S/C21H19NO5S/c23-21(19-10-4-5-11-20(19)27-16-7-2-1-3-8-16)22-13-18(14-22)28(24,25)15-17-9-6-12-26-17/h1-12,18H,13-15H2. The van der Waals surface area contributed by atoms with E-state index in [1.807, 2.05) is 30.3 Å². The molecule has 2 heterocycles. The van der Waals surface area contributed by atoms with Crippen LogP contribution in [0.4, 0.5) is 0 Å². The van der Waals surface area contributed by atoms with Crippen molar-refractivity contribution in [3.8, 4) is 11.5 Å². The van der Waals surface area contributed by atoms with Crippen LogP contribution in [0.1, 0.15) is 16.1 Å². The first-order chi connectivity index (χ1) is 13.5. The predicted octanol–water partition coefficient (Wildman–Crippen LogP) is 3.51. The molecular weight excluding hydrogens is 378 g/mol. The van der Waals surface area contributed by atoms with E-state index in [0.717, 1.165) is 0 Å². The average molecular weight is 397 g/mol. The van der Waals surface area contributed by atoms with Crippen molar-refractivity contribution in [3.05, 3.63) is 84.3 Å². The van der Waals surface area contributed by atoms with Gasteiger partial charge in [0.15, 0.2) is 9.84 Å². The summed E-state index contributed by atoms with van der Waals surface area (Å²) in [6.07, 6.45) is 1.45. The van der Waals surface area contributed by atoms with Crippen LogP contribution in [0.15, 0.2) is 77.4 Å². The van der Waals surface area contributed by atoms with Crippen molar-refractivity contribution >= 4 is 15.7 Å². The summed E-state index contributed by atoms with van der Waals surface area (Å²) in [6.45, 7) is 0.336. The summed E-state index contributed by atoms with van der Waals surface area (Å²) in [5, 5.41) is -0.580. The highest BCUT2D eigenvalue weighted by Crippen LogP contribution is 2.29. The summed E-state index contributed by atoms with van der Waals surface area (Å²) in [6, 6.07) is 19.5. The number of hydrogen-bond acceptors (Lipinski definition) is 5. The fourth-order valence-electron chi connectivity index (χ4n) is 3.06. The molecule has 0 unspecified atom stereocenters. The van der Waals surface area contributed by atoms with Gasteiger partial charge in [0, 0.05) is 13.1 Å². The highest BCUT2D eigenvalue weighted by atomic mass is 32.2. The molecule has 6 nitrogen and oxygen atoms in total. The van der Waals surface area contributed by atoms with Gasteiger partial charge in [-0.15, -0.1) is 0 Å². The van der Waals surface area contributed by atoms with Crippen LogP contribution in [0.25, 0.3) is 0 Å². The van der Waals surface area contributed by atoms with Gasteiger partial charge in [-0.1, -0.05) is 30.3 Å². The molecule has 1 amide bonds. The molecule has 144 valence electrons. The third kappa shape index (κ3) is 3.80.